The molecule has 3 aromatic rings. The Labute approximate surface area is 154 Å². The van der Waals surface area contributed by atoms with E-state index in [-0.39, 0.29) is 30.5 Å². The van der Waals surface area contributed by atoms with Crippen LogP contribution in [0.3, 0.4) is 0 Å². The van der Waals surface area contributed by atoms with Crippen molar-refractivity contribution in [1.29, 1.82) is 0 Å². The second kappa shape index (κ2) is 8.86. The summed E-state index contributed by atoms with van der Waals surface area (Å²) in [6.45, 7) is 0.274. The molecule has 1 aromatic heterocycles. The highest BCUT2D eigenvalue weighted by molar-refractivity contribution is 5.92. The lowest BCUT2D eigenvalue weighted by Gasteiger charge is -2.08. The highest BCUT2D eigenvalue weighted by Gasteiger charge is 2.09. The van der Waals surface area contributed by atoms with E-state index in [4.69, 9.17) is 9.57 Å². The van der Waals surface area contributed by atoms with Crippen LogP contribution in [-0.2, 0) is 4.84 Å². The molecule has 1 N–H and O–H groups in total. The molecule has 0 saturated carbocycles. The lowest BCUT2D eigenvalue weighted by Crippen LogP contribution is -2.26. The highest BCUT2D eigenvalue weighted by atomic mass is 19.1. The smallest absolute Gasteiger partial charge is 0.293 e. The molecule has 138 valence electrons. The molecule has 0 aliphatic heterocycles. The molecule has 0 bridgehead atoms. The van der Waals surface area contributed by atoms with Crippen molar-refractivity contribution in [2.24, 2.45) is 0 Å². The van der Waals surface area contributed by atoms with E-state index in [1.807, 2.05) is 0 Å². The first-order chi connectivity index (χ1) is 13.1. The Hall–Kier alpha value is -3.32. The number of hydroxylamine groups is 1. The van der Waals surface area contributed by atoms with Crippen LogP contribution < -0.4 is 10.2 Å². The van der Waals surface area contributed by atoms with E-state index >= 15 is 0 Å². The Balaban J connectivity index is 1.48. The Morgan fingerprint density at radius 2 is 1.56 bits per heavy atom. The standard InChI is InChI=1S/C20H16F2N2O3/c21-16-3-1-14(2-4-16)15-9-10-23-19(13-15)20(25)24-27-12-11-26-18-7-5-17(22)6-8-18/h1-10,13H,11-12H2,(H,24,25). The van der Waals surface area contributed by atoms with Crippen LogP contribution >= 0.6 is 0 Å². The van der Waals surface area contributed by atoms with E-state index in [1.54, 1.807) is 24.3 Å². The lowest BCUT2D eigenvalue weighted by atomic mass is 10.1. The third-order valence-electron chi connectivity index (χ3n) is 3.60. The number of nitrogens with zero attached hydrogens (tertiary/aromatic N) is 1. The molecule has 0 saturated heterocycles. The molecule has 7 heteroatoms. The number of hydrogen-bond acceptors (Lipinski definition) is 4. The molecule has 0 unspecified atom stereocenters. The van der Waals surface area contributed by atoms with Crippen LogP contribution in [0.15, 0.2) is 66.9 Å². The summed E-state index contributed by atoms with van der Waals surface area (Å²) < 4.78 is 31.1. The second-order valence-electron chi connectivity index (χ2n) is 5.52. The number of aromatic nitrogens is 1. The van der Waals surface area contributed by atoms with E-state index < -0.39 is 5.91 Å². The van der Waals surface area contributed by atoms with E-state index in [2.05, 4.69) is 10.5 Å². The number of nitrogens with one attached hydrogen (secondary N) is 1. The van der Waals surface area contributed by atoms with Gasteiger partial charge in [-0.05, 0) is 59.7 Å². The summed E-state index contributed by atoms with van der Waals surface area (Å²) in [6.07, 6.45) is 1.49. The minimum atomic E-state index is -0.513. The first kappa shape index (κ1) is 18.5. The molecular formula is C20H16F2N2O3. The van der Waals surface area contributed by atoms with Crippen molar-refractivity contribution in [3.63, 3.8) is 0 Å². The third kappa shape index (κ3) is 5.32. The van der Waals surface area contributed by atoms with Crippen LogP contribution in [0, 0.1) is 11.6 Å². The van der Waals surface area contributed by atoms with Crippen molar-refractivity contribution >= 4 is 5.91 Å². The zero-order valence-electron chi connectivity index (χ0n) is 14.2. The number of halogens is 2. The molecule has 1 amide bonds. The predicted octanol–water partition coefficient (Wildman–Crippen LogP) is 3.77. The van der Waals surface area contributed by atoms with Gasteiger partial charge in [-0.1, -0.05) is 12.1 Å². The Bertz CT molecular complexity index is 900. The number of carbonyl (C=O) groups excluding carboxylic acids is 1. The Kier molecular flexibility index (Phi) is 6.06. The topological polar surface area (TPSA) is 60.5 Å². The van der Waals surface area contributed by atoms with Crippen molar-refractivity contribution in [1.82, 2.24) is 10.5 Å². The zero-order valence-corrected chi connectivity index (χ0v) is 14.2. The van der Waals surface area contributed by atoms with Crippen LogP contribution in [0.5, 0.6) is 5.75 Å². The highest BCUT2D eigenvalue weighted by Crippen LogP contribution is 2.19. The van der Waals surface area contributed by atoms with Gasteiger partial charge in [0.05, 0.1) is 0 Å². The number of benzene rings is 2. The average molecular weight is 370 g/mol. The molecule has 0 radical (unpaired) electrons. The van der Waals surface area contributed by atoms with E-state index in [0.717, 1.165) is 11.1 Å². The second-order valence-corrected chi connectivity index (χ2v) is 5.52. The third-order valence-corrected chi connectivity index (χ3v) is 3.60. The minimum Gasteiger partial charge on any atom is -0.491 e. The first-order valence-electron chi connectivity index (χ1n) is 8.14. The fourth-order valence-electron chi connectivity index (χ4n) is 2.28. The maximum atomic E-state index is 13.0. The fraction of sp³-hybridized carbons (Fsp3) is 0.100. The summed E-state index contributed by atoms with van der Waals surface area (Å²) >= 11 is 0. The van der Waals surface area contributed by atoms with Gasteiger partial charge in [0.2, 0.25) is 0 Å². The van der Waals surface area contributed by atoms with Crippen molar-refractivity contribution < 1.29 is 23.1 Å². The van der Waals surface area contributed by atoms with Gasteiger partial charge in [0, 0.05) is 6.20 Å². The SMILES string of the molecule is O=C(NOCCOc1ccc(F)cc1)c1cc(-c2ccc(F)cc2)ccn1. The lowest BCUT2D eigenvalue weighted by molar-refractivity contribution is 0.0196. The number of pyridine rings is 1. The van der Waals surface area contributed by atoms with Crippen LogP contribution in [-0.4, -0.2) is 24.1 Å². The number of amides is 1. The summed E-state index contributed by atoms with van der Waals surface area (Å²) in [7, 11) is 0. The Morgan fingerprint density at radius 3 is 2.26 bits per heavy atom. The molecule has 0 aliphatic carbocycles. The molecule has 0 aliphatic rings. The van der Waals surface area contributed by atoms with Gasteiger partial charge in [-0.25, -0.2) is 14.3 Å². The van der Waals surface area contributed by atoms with Crippen molar-refractivity contribution in [3.05, 3.63) is 84.2 Å². The van der Waals surface area contributed by atoms with Crippen LogP contribution in [0.4, 0.5) is 8.78 Å². The molecule has 27 heavy (non-hydrogen) atoms. The fourth-order valence-corrected chi connectivity index (χ4v) is 2.28. The normalized spacial score (nSPS) is 10.4. The van der Waals surface area contributed by atoms with Crippen molar-refractivity contribution in [2.45, 2.75) is 0 Å². The number of rotatable bonds is 7. The Morgan fingerprint density at radius 1 is 0.889 bits per heavy atom. The van der Waals surface area contributed by atoms with E-state index in [1.165, 1.54) is 42.6 Å². The monoisotopic (exact) mass is 370 g/mol. The van der Waals surface area contributed by atoms with Crippen molar-refractivity contribution in [3.8, 4) is 16.9 Å². The van der Waals surface area contributed by atoms with Gasteiger partial charge in [-0.15, -0.1) is 0 Å². The maximum absolute atomic E-state index is 13.0. The molecule has 2 aromatic carbocycles. The average Bonchev–Trinajstić information content (AvgIpc) is 2.69. The quantitative estimate of drug-likeness (QED) is 0.508. The summed E-state index contributed by atoms with van der Waals surface area (Å²) in [5, 5.41) is 0. The van der Waals surface area contributed by atoms with Gasteiger partial charge < -0.3 is 4.74 Å². The van der Waals surface area contributed by atoms with Crippen LogP contribution in [0.1, 0.15) is 10.5 Å². The van der Waals surface area contributed by atoms with Crippen LogP contribution in [0.25, 0.3) is 11.1 Å². The van der Waals surface area contributed by atoms with Gasteiger partial charge in [0.1, 0.15) is 36.3 Å². The molecule has 0 spiro atoms. The molecular weight excluding hydrogens is 354 g/mol. The van der Waals surface area contributed by atoms with Crippen LogP contribution in [0.2, 0.25) is 0 Å². The van der Waals surface area contributed by atoms with Crippen molar-refractivity contribution in [2.75, 3.05) is 13.2 Å². The van der Waals surface area contributed by atoms with Gasteiger partial charge in [-0.3, -0.25) is 14.6 Å². The summed E-state index contributed by atoms with van der Waals surface area (Å²) in [4.78, 5) is 21.2. The summed E-state index contributed by atoms with van der Waals surface area (Å²) in [5.41, 5.74) is 3.94. The van der Waals surface area contributed by atoms with E-state index in [0.29, 0.717) is 5.75 Å². The zero-order chi connectivity index (χ0) is 19.1. The minimum absolute atomic E-state index is 0.0980. The molecule has 3 rings (SSSR count). The summed E-state index contributed by atoms with van der Waals surface area (Å²) in [6, 6.07) is 14.8. The molecule has 0 atom stereocenters. The number of carbonyl (C=O) groups is 1. The first-order valence-corrected chi connectivity index (χ1v) is 8.14. The molecule has 1 heterocycles. The van der Waals surface area contributed by atoms with Gasteiger partial charge >= 0.3 is 0 Å². The van der Waals surface area contributed by atoms with Gasteiger partial charge in [0.15, 0.2) is 0 Å². The number of ether oxygens (including phenoxy) is 1. The van der Waals surface area contributed by atoms with Gasteiger partial charge in [0.25, 0.3) is 5.91 Å². The predicted molar refractivity (Wildman–Crippen MR) is 94.9 cm³/mol. The largest absolute Gasteiger partial charge is 0.491 e. The molecule has 0 fully saturated rings. The number of hydrogen-bond donors (Lipinski definition) is 1. The van der Waals surface area contributed by atoms with Gasteiger partial charge in [-0.2, -0.15) is 0 Å². The maximum Gasteiger partial charge on any atom is 0.293 e. The molecule has 5 nitrogen and oxygen atoms in total. The summed E-state index contributed by atoms with van der Waals surface area (Å²) in [5.74, 6) is -0.691. The van der Waals surface area contributed by atoms with E-state index in [9.17, 15) is 13.6 Å².